The monoisotopic (exact) mass is 445 g/mol. The minimum atomic E-state index is -3.34. The number of benzene rings is 1. The van der Waals surface area contributed by atoms with Crippen LogP contribution < -0.4 is 10.1 Å². The van der Waals surface area contributed by atoms with Gasteiger partial charge in [-0.15, -0.1) is 0 Å². The fraction of sp³-hybridized carbons (Fsp3) is 0.409. The highest BCUT2D eigenvalue weighted by molar-refractivity contribution is 7.93. The van der Waals surface area contributed by atoms with Gasteiger partial charge in [-0.3, -0.25) is 4.79 Å². The topological polar surface area (TPSA) is 107 Å². The van der Waals surface area contributed by atoms with Gasteiger partial charge in [-0.1, -0.05) is 31.0 Å². The number of hydrogen-bond acceptors (Lipinski definition) is 7. The van der Waals surface area contributed by atoms with Gasteiger partial charge < -0.3 is 14.8 Å². The molecule has 1 amide bonds. The lowest BCUT2D eigenvalue weighted by molar-refractivity contribution is 0.0912. The first-order valence-corrected chi connectivity index (χ1v) is 12.1. The van der Waals surface area contributed by atoms with Crippen LogP contribution >= 0.6 is 0 Å². The molecule has 1 aliphatic rings. The zero-order valence-electron chi connectivity index (χ0n) is 17.7. The molecule has 1 aliphatic carbocycles. The number of rotatable bonds is 9. The lowest BCUT2D eigenvalue weighted by Gasteiger charge is -2.17. The summed E-state index contributed by atoms with van der Waals surface area (Å²) in [5, 5.41) is 3.79. The smallest absolute Gasteiger partial charge is 0.258 e. The summed E-state index contributed by atoms with van der Waals surface area (Å²) in [4.78, 5) is 22.0. The molecule has 0 saturated heterocycles. The van der Waals surface area contributed by atoms with E-state index >= 15 is 0 Å². The maximum Gasteiger partial charge on any atom is 0.258 e. The van der Waals surface area contributed by atoms with Crippen molar-refractivity contribution in [3.63, 3.8) is 0 Å². The van der Waals surface area contributed by atoms with Gasteiger partial charge in [0, 0.05) is 30.9 Å². The predicted octanol–water partition coefficient (Wildman–Crippen LogP) is 3.23. The Morgan fingerprint density at radius 2 is 1.97 bits per heavy atom. The Bertz CT molecular complexity index is 1020. The highest BCUT2D eigenvalue weighted by Crippen LogP contribution is 2.34. The molecule has 3 rings (SSSR count). The molecule has 0 spiro atoms. The molecule has 0 bridgehead atoms. The average Bonchev–Trinajstić information content (AvgIpc) is 3.27. The highest BCUT2D eigenvalue weighted by Gasteiger charge is 2.24. The molecule has 1 saturated carbocycles. The lowest BCUT2D eigenvalue weighted by atomic mass is 10.1. The van der Waals surface area contributed by atoms with E-state index in [1.54, 1.807) is 12.1 Å². The quantitative estimate of drug-likeness (QED) is 0.631. The standard InChI is InChI=1S/C22H27N3O5S/c1-29-15-17(12-13-31(2,27)28)24-21(26)19-14-23-20(16-8-6-7-9-16)25-22(19)30-18-10-4-3-5-11-18/h3-5,10-14,16-17H,6-9,15H2,1-2H3,(H,24,26). The molecule has 0 aliphatic heterocycles. The van der Waals surface area contributed by atoms with Gasteiger partial charge in [-0.25, -0.2) is 13.4 Å². The van der Waals surface area contributed by atoms with E-state index < -0.39 is 21.8 Å². The SMILES string of the molecule is COCC(C=CS(C)(=O)=O)NC(=O)c1cnc(C2CCCC2)nc1Oc1ccccc1. The molecule has 1 N–H and O–H groups in total. The molecule has 9 heteroatoms. The maximum atomic E-state index is 13.0. The van der Waals surface area contributed by atoms with Crippen molar-refractivity contribution >= 4 is 15.7 Å². The van der Waals surface area contributed by atoms with Crippen molar-refractivity contribution in [2.45, 2.75) is 37.6 Å². The van der Waals surface area contributed by atoms with Crippen molar-refractivity contribution in [1.82, 2.24) is 15.3 Å². The Labute approximate surface area is 182 Å². The van der Waals surface area contributed by atoms with Crippen molar-refractivity contribution in [1.29, 1.82) is 0 Å². The van der Waals surface area contributed by atoms with E-state index in [1.165, 1.54) is 19.4 Å². The number of nitrogens with one attached hydrogen (secondary N) is 1. The molecule has 1 aromatic carbocycles. The molecular formula is C22H27N3O5S. The van der Waals surface area contributed by atoms with Gasteiger partial charge in [0.25, 0.3) is 5.91 Å². The third-order valence-corrected chi connectivity index (χ3v) is 5.57. The minimum absolute atomic E-state index is 0.105. The largest absolute Gasteiger partial charge is 0.438 e. The molecule has 1 heterocycles. The Hall–Kier alpha value is -2.78. The van der Waals surface area contributed by atoms with Crippen LogP contribution in [0.1, 0.15) is 47.8 Å². The van der Waals surface area contributed by atoms with Crippen LogP contribution in [0.3, 0.4) is 0 Å². The summed E-state index contributed by atoms with van der Waals surface area (Å²) in [7, 11) is -1.87. The van der Waals surface area contributed by atoms with Crippen LogP contribution in [-0.4, -0.2) is 50.3 Å². The molecule has 166 valence electrons. The summed E-state index contributed by atoms with van der Waals surface area (Å²) < 4.78 is 33.9. The molecule has 31 heavy (non-hydrogen) atoms. The second-order valence-electron chi connectivity index (χ2n) is 7.54. The van der Waals surface area contributed by atoms with Gasteiger partial charge in [0.1, 0.15) is 17.1 Å². The Morgan fingerprint density at radius 3 is 2.61 bits per heavy atom. The Balaban J connectivity index is 1.88. The summed E-state index contributed by atoms with van der Waals surface area (Å²) in [6, 6.07) is 8.44. The average molecular weight is 446 g/mol. The predicted molar refractivity (Wildman–Crippen MR) is 117 cm³/mol. The third-order valence-electron chi connectivity index (χ3n) is 4.92. The van der Waals surface area contributed by atoms with Crippen LogP contribution in [0.5, 0.6) is 11.6 Å². The number of ether oxygens (including phenoxy) is 2. The van der Waals surface area contributed by atoms with Crippen LogP contribution in [0.25, 0.3) is 0 Å². The van der Waals surface area contributed by atoms with Crippen molar-refractivity contribution in [2.75, 3.05) is 20.0 Å². The summed E-state index contributed by atoms with van der Waals surface area (Å²) in [6.45, 7) is 0.105. The fourth-order valence-corrected chi connectivity index (χ4v) is 3.88. The van der Waals surface area contributed by atoms with E-state index in [0.717, 1.165) is 37.3 Å². The van der Waals surface area contributed by atoms with Gasteiger partial charge in [0.15, 0.2) is 9.84 Å². The second kappa shape index (κ2) is 10.5. The summed E-state index contributed by atoms with van der Waals surface area (Å²) in [5.74, 6) is 1.17. The first-order valence-electron chi connectivity index (χ1n) is 10.1. The Kier molecular flexibility index (Phi) is 7.75. The fourth-order valence-electron chi connectivity index (χ4n) is 3.40. The van der Waals surface area contributed by atoms with E-state index in [4.69, 9.17) is 9.47 Å². The van der Waals surface area contributed by atoms with E-state index in [2.05, 4.69) is 15.3 Å². The highest BCUT2D eigenvalue weighted by atomic mass is 32.2. The number of amides is 1. The molecule has 1 aromatic heterocycles. The second-order valence-corrected chi connectivity index (χ2v) is 9.47. The maximum absolute atomic E-state index is 13.0. The van der Waals surface area contributed by atoms with Gasteiger partial charge in [0.05, 0.1) is 12.6 Å². The lowest BCUT2D eigenvalue weighted by Crippen LogP contribution is -2.37. The molecule has 1 fully saturated rings. The number of methoxy groups -OCH3 is 1. The summed E-state index contributed by atoms with van der Waals surface area (Å²) in [6.07, 6.45) is 8.23. The zero-order valence-corrected chi connectivity index (χ0v) is 18.5. The van der Waals surface area contributed by atoms with Gasteiger partial charge in [0.2, 0.25) is 5.88 Å². The summed E-state index contributed by atoms with van der Waals surface area (Å²) in [5.41, 5.74) is 0.166. The van der Waals surface area contributed by atoms with Crippen molar-refractivity contribution in [3.8, 4) is 11.6 Å². The molecule has 2 aromatic rings. The van der Waals surface area contributed by atoms with Crippen LogP contribution in [0.2, 0.25) is 0 Å². The normalized spacial score (nSPS) is 15.8. The number of aromatic nitrogens is 2. The number of carbonyl (C=O) groups is 1. The molecule has 1 atom stereocenters. The Morgan fingerprint density at radius 1 is 1.26 bits per heavy atom. The van der Waals surface area contributed by atoms with Crippen LogP contribution in [0.15, 0.2) is 48.0 Å². The van der Waals surface area contributed by atoms with E-state index in [-0.39, 0.29) is 24.0 Å². The van der Waals surface area contributed by atoms with E-state index in [9.17, 15) is 13.2 Å². The minimum Gasteiger partial charge on any atom is -0.438 e. The van der Waals surface area contributed by atoms with Gasteiger partial charge in [-0.05, 0) is 31.1 Å². The molecule has 8 nitrogen and oxygen atoms in total. The first kappa shape index (κ1) is 22.9. The molecule has 1 unspecified atom stereocenters. The van der Waals surface area contributed by atoms with E-state index in [1.807, 2.05) is 18.2 Å². The van der Waals surface area contributed by atoms with Crippen molar-refractivity contribution in [3.05, 3.63) is 59.4 Å². The molecule has 0 radical (unpaired) electrons. The van der Waals surface area contributed by atoms with Crippen molar-refractivity contribution in [2.24, 2.45) is 0 Å². The number of carbonyl (C=O) groups excluding carboxylic acids is 1. The van der Waals surface area contributed by atoms with Crippen molar-refractivity contribution < 1.29 is 22.7 Å². The number of hydrogen-bond donors (Lipinski definition) is 1. The first-order chi connectivity index (χ1) is 14.9. The van der Waals surface area contributed by atoms with Crippen LogP contribution in [0, 0.1) is 0 Å². The third kappa shape index (κ3) is 6.86. The number of nitrogens with zero attached hydrogens (tertiary/aromatic N) is 2. The molecular weight excluding hydrogens is 418 g/mol. The van der Waals surface area contributed by atoms with Gasteiger partial charge >= 0.3 is 0 Å². The van der Waals surface area contributed by atoms with Gasteiger partial charge in [-0.2, -0.15) is 4.98 Å². The number of para-hydroxylation sites is 1. The van der Waals surface area contributed by atoms with E-state index in [0.29, 0.717) is 11.6 Å². The van der Waals surface area contributed by atoms with Crippen LogP contribution in [-0.2, 0) is 14.6 Å². The zero-order chi connectivity index (χ0) is 22.3. The number of sulfone groups is 1. The van der Waals surface area contributed by atoms with Crippen LogP contribution in [0.4, 0.5) is 0 Å². The summed E-state index contributed by atoms with van der Waals surface area (Å²) >= 11 is 0.